The number of nitrogens with one attached hydrogen (secondary N) is 2. The van der Waals surface area contributed by atoms with Gasteiger partial charge in [-0.15, -0.1) is 0 Å². The number of amides is 4. The Hall–Kier alpha value is -8.21. The lowest BCUT2D eigenvalue weighted by molar-refractivity contribution is -0.127. The van der Waals surface area contributed by atoms with Gasteiger partial charge in [-0.05, 0) is 118 Å². The number of anilines is 4. The van der Waals surface area contributed by atoms with Crippen LogP contribution in [0.3, 0.4) is 0 Å². The van der Waals surface area contributed by atoms with Crippen LogP contribution in [0.25, 0.3) is 22.2 Å². The highest BCUT2D eigenvalue weighted by atomic mass is 32.2. The summed E-state index contributed by atoms with van der Waals surface area (Å²) >= 11 is 0. The fraction of sp³-hybridized carbons (Fsp3) is 0.294. The normalized spacial score (nSPS) is 17.1. The van der Waals surface area contributed by atoms with Crippen molar-refractivity contribution in [1.29, 1.82) is 0 Å². The summed E-state index contributed by atoms with van der Waals surface area (Å²) in [7, 11) is -4.83. The van der Waals surface area contributed by atoms with Crippen LogP contribution in [0.15, 0.2) is 115 Å². The third-order valence-corrected chi connectivity index (χ3v) is 15.0. The number of fused-ring (bicyclic) bond motifs is 3. The first-order chi connectivity index (χ1) is 35.3. The number of likely N-dealkylation sites (N-methyl/N-ethyl adjacent to an activating group) is 2. The van der Waals surface area contributed by atoms with Crippen LogP contribution >= 0.6 is 0 Å². The van der Waals surface area contributed by atoms with E-state index in [4.69, 9.17) is 8.83 Å². The molecular weight excluding hydrogens is 993 g/mol. The lowest BCUT2D eigenvalue weighted by Crippen LogP contribution is -2.55. The highest BCUT2D eigenvalue weighted by Crippen LogP contribution is 2.53. The number of oxazole rings is 2. The molecule has 0 bridgehead atoms. The molecule has 7 aromatic rings. The Labute approximate surface area is 419 Å². The van der Waals surface area contributed by atoms with Gasteiger partial charge in [-0.1, -0.05) is 12.1 Å². The zero-order chi connectivity index (χ0) is 53.0. The molecule has 1 fully saturated rings. The predicted octanol–water partition coefficient (Wildman–Crippen LogP) is 5.85. The second-order valence-corrected chi connectivity index (χ2v) is 19.5. The molecule has 0 spiro atoms. The second-order valence-electron chi connectivity index (χ2n) is 17.8. The van der Waals surface area contributed by atoms with Gasteiger partial charge in [0.1, 0.15) is 47.9 Å². The molecule has 3 atom stereocenters. The topological polar surface area (TPSA) is 210 Å². The number of para-hydroxylation sites is 2. The van der Waals surface area contributed by atoms with E-state index in [2.05, 4.69) is 10.6 Å². The van der Waals surface area contributed by atoms with Gasteiger partial charge >= 0.3 is 21.7 Å². The van der Waals surface area contributed by atoms with Gasteiger partial charge in [0.05, 0.1) is 22.4 Å². The Bertz CT molecular complexity index is 3610. The van der Waals surface area contributed by atoms with E-state index in [1.807, 2.05) is 0 Å². The maximum atomic E-state index is 14.9. The minimum Gasteiger partial charge on any atom is -0.408 e. The first kappa shape index (κ1) is 50.7. The minimum absolute atomic E-state index is 0.0138. The summed E-state index contributed by atoms with van der Waals surface area (Å²) < 4.78 is 102. The molecule has 1 aliphatic carbocycles. The molecule has 3 heterocycles. The number of benzene rings is 5. The number of aryl methyl sites for hydroxylation is 2. The van der Waals surface area contributed by atoms with Crippen LogP contribution in [0.5, 0.6) is 0 Å². The zero-order valence-electron chi connectivity index (χ0n) is 40.2. The minimum atomic E-state index is -4.83. The average Bonchev–Trinajstić information content (AvgIpc) is 3.80. The lowest BCUT2D eigenvalue weighted by atomic mass is 10.0. The maximum Gasteiger partial charge on any atom is 0.419 e. The van der Waals surface area contributed by atoms with Gasteiger partial charge in [-0.2, -0.15) is 8.42 Å². The molecule has 2 N–H and O–H groups in total. The van der Waals surface area contributed by atoms with Gasteiger partial charge in [0, 0.05) is 62.0 Å². The van der Waals surface area contributed by atoms with Gasteiger partial charge in [0.15, 0.2) is 11.2 Å². The standard InChI is InChI=1S/C51H48F4N8O10S/c1-5-58(35-13-15-43-41(24-35)60(7-3)49(68)72-43)47(66)38(19-29-17-31(52)22-32(53)18-29)56-45(64)27-62-39-11-9-10-12-40(39)63(74(62,70)71)28-46(65)57-51(26-37(51)30-20-33(54)23-34(55)21-30)48(67)59(6-2)36-14-16-44-42(25-36)61(8-4)50(69)73-44/h9-18,20-25,37-38H,5-8,19,26-28H2,1-4H3,(H,56,64)(H,57,65)/t37-,38?,51?/m1/s1. The molecule has 0 saturated heterocycles. The van der Waals surface area contributed by atoms with Crippen LogP contribution in [0.2, 0.25) is 0 Å². The van der Waals surface area contributed by atoms with Crippen LogP contribution in [0, 0.1) is 23.3 Å². The molecule has 9 rings (SSSR count). The Kier molecular flexibility index (Phi) is 13.5. The molecule has 2 aliphatic rings. The first-order valence-corrected chi connectivity index (χ1v) is 25.0. The summed E-state index contributed by atoms with van der Waals surface area (Å²) in [6, 6.07) is 18.7. The zero-order valence-corrected chi connectivity index (χ0v) is 41.1. The number of aromatic nitrogens is 2. The smallest absolute Gasteiger partial charge is 0.408 e. The van der Waals surface area contributed by atoms with Gasteiger partial charge in [0.25, 0.3) is 5.91 Å². The Balaban J connectivity index is 0.988. The molecule has 1 saturated carbocycles. The number of nitrogens with zero attached hydrogens (tertiary/aromatic N) is 6. The van der Waals surface area contributed by atoms with Crippen LogP contribution in [0.4, 0.5) is 40.3 Å². The Morgan fingerprint density at radius 2 is 1.16 bits per heavy atom. The SMILES string of the molecule is CCN(C(=O)C(Cc1cc(F)cc(F)c1)NC(=O)CN1c2ccccc2N(CC(=O)NC2(C(=O)N(CC)c3ccc4oc(=O)n(CC)c4c3)C[C@@H]2c2cc(F)cc(F)c2)S1(=O)=O)c1ccc2oc(=O)n(CC)c2c1. The van der Waals surface area contributed by atoms with Crippen molar-refractivity contribution < 1.29 is 54.0 Å². The van der Waals surface area contributed by atoms with Gasteiger partial charge in [-0.3, -0.25) is 28.3 Å². The van der Waals surface area contributed by atoms with E-state index < -0.39 is 106 Å². The fourth-order valence-electron chi connectivity index (χ4n) is 9.78. The molecule has 386 valence electrons. The number of hydrogen-bond donors (Lipinski definition) is 2. The molecule has 0 radical (unpaired) electrons. The van der Waals surface area contributed by atoms with E-state index in [0.717, 1.165) is 28.6 Å². The van der Waals surface area contributed by atoms with Crippen molar-refractivity contribution in [3.63, 3.8) is 0 Å². The van der Waals surface area contributed by atoms with Crippen molar-refractivity contribution in [3.8, 4) is 0 Å². The molecule has 74 heavy (non-hydrogen) atoms. The Morgan fingerprint density at radius 1 is 0.676 bits per heavy atom. The van der Waals surface area contributed by atoms with E-state index in [9.17, 15) is 54.7 Å². The largest absolute Gasteiger partial charge is 0.419 e. The van der Waals surface area contributed by atoms with Crippen molar-refractivity contribution in [3.05, 3.63) is 153 Å². The van der Waals surface area contributed by atoms with Gasteiger partial charge in [0.2, 0.25) is 17.7 Å². The number of halogens is 4. The highest BCUT2D eigenvalue weighted by molar-refractivity contribution is 7.94. The molecule has 5 aromatic carbocycles. The monoisotopic (exact) mass is 1040 g/mol. The summed E-state index contributed by atoms with van der Waals surface area (Å²) in [5.41, 5.74) is -0.0424. The van der Waals surface area contributed by atoms with Crippen molar-refractivity contribution in [1.82, 2.24) is 19.8 Å². The molecule has 2 aromatic heterocycles. The summed E-state index contributed by atoms with van der Waals surface area (Å²) in [4.78, 5) is 85.5. The highest BCUT2D eigenvalue weighted by Gasteiger charge is 2.63. The van der Waals surface area contributed by atoms with E-state index in [-0.39, 0.29) is 72.0 Å². The van der Waals surface area contributed by atoms with Crippen LogP contribution in [-0.4, -0.2) is 78.9 Å². The van der Waals surface area contributed by atoms with Gasteiger partial charge < -0.3 is 29.3 Å². The van der Waals surface area contributed by atoms with Crippen molar-refractivity contribution in [2.24, 2.45) is 0 Å². The van der Waals surface area contributed by atoms with Crippen LogP contribution in [0.1, 0.15) is 51.2 Å². The maximum absolute atomic E-state index is 14.9. The number of carbonyl (C=O) groups excluding carboxylic acids is 4. The van der Waals surface area contributed by atoms with Gasteiger partial charge in [-0.25, -0.2) is 35.8 Å². The fourth-order valence-corrected chi connectivity index (χ4v) is 11.4. The molecule has 18 nitrogen and oxygen atoms in total. The average molecular weight is 1040 g/mol. The van der Waals surface area contributed by atoms with Crippen LogP contribution < -0.4 is 40.6 Å². The molecule has 2 unspecified atom stereocenters. The Morgan fingerprint density at radius 3 is 1.66 bits per heavy atom. The van der Waals surface area contributed by atoms with E-state index in [1.165, 1.54) is 67.5 Å². The number of carbonyl (C=O) groups is 4. The molecule has 1 aliphatic heterocycles. The lowest BCUT2D eigenvalue weighted by Gasteiger charge is -2.29. The summed E-state index contributed by atoms with van der Waals surface area (Å²) in [6.45, 7) is 5.39. The summed E-state index contributed by atoms with van der Waals surface area (Å²) in [5, 5.41) is 5.26. The third kappa shape index (κ3) is 9.26. The van der Waals surface area contributed by atoms with Crippen molar-refractivity contribution >= 4 is 78.8 Å². The van der Waals surface area contributed by atoms with Crippen LogP contribution in [-0.2, 0) is 48.9 Å². The molecule has 23 heteroatoms. The molecule has 4 amide bonds. The van der Waals surface area contributed by atoms with E-state index in [0.29, 0.717) is 33.2 Å². The second kappa shape index (κ2) is 19.7. The van der Waals surface area contributed by atoms with Crippen molar-refractivity contribution in [2.45, 2.75) is 71.1 Å². The third-order valence-electron chi connectivity index (χ3n) is 13.2. The summed E-state index contributed by atoms with van der Waals surface area (Å²) in [6.07, 6.45) is -0.592. The predicted molar refractivity (Wildman–Crippen MR) is 265 cm³/mol. The number of hydrogen-bond acceptors (Lipinski definition) is 10. The summed E-state index contributed by atoms with van der Waals surface area (Å²) in [5.74, 6) is -9.47. The first-order valence-electron chi connectivity index (χ1n) is 23.6. The van der Waals surface area contributed by atoms with Crippen molar-refractivity contribution in [2.75, 3.05) is 44.6 Å². The number of rotatable bonds is 17. The quantitative estimate of drug-likeness (QED) is 0.104. The van der Waals surface area contributed by atoms with E-state index >= 15 is 0 Å². The molecular formula is C51H48F4N8O10S. The van der Waals surface area contributed by atoms with E-state index in [1.54, 1.807) is 39.8 Å².